The summed E-state index contributed by atoms with van der Waals surface area (Å²) < 4.78 is 2.21. The summed E-state index contributed by atoms with van der Waals surface area (Å²) in [5, 5.41) is 9.30. The van der Waals surface area contributed by atoms with E-state index in [1.54, 1.807) is 0 Å². The summed E-state index contributed by atoms with van der Waals surface area (Å²) in [5.74, 6) is 0.424. The van der Waals surface area contributed by atoms with Crippen LogP contribution in [0.1, 0.15) is 32.0 Å². The van der Waals surface area contributed by atoms with E-state index >= 15 is 0 Å². The van der Waals surface area contributed by atoms with Gasteiger partial charge in [-0.2, -0.15) is 0 Å². The molecular weight excluding hydrogens is 252 g/mol. The van der Waals surface area contributed by atoms with E-state index in [-0.39, 0.29) is 11.8 Å². The summed E-state index contributed by atoms with van der Waals surface area (Å²) in [6.45, 7) is 2.99. The summed E-state index contributed by atoms with van der Waals surface area (Å²) in [6.07, 6.45) is 3.61. The third-order valence-electron chi connectivity index (χ3n) is 4.47. The molecule has 1 aliphatic rings. The van der Waals surface area contributed by atoms with Gasteiger partial charge in [0.1, 0.15) is 5.82 Å². The summed E-state index contributed by atoms with van der Waals surface area (Å²) >= 11 is 0. The van der Waals surface area contributed by atoms with Crippen LogP contribution in [0.4, 0.5) is 0 Å². The molecule has 1 aliphatic carbocycles. The highest BCUT2D eigenvalue weighted by molar-refractivity contribution is 5.76. The molecule has 20 heavy (non-hydrogen) atoms. The molecule has 1 heterocycles. The fourth-order valence-corrected chi connectivity index (χ4v) is 3.47. The number of carboxylic acids is 1. The Bertz CT molecular complexity index is 632. The lowest BCUT2D eigenvalue weighted by molar-refractivity contribution is -0.142. The van der Waals surface area contributed by atoms with Crippen molar-refractivity contribution < 1.29 is 9.90 Å². The molecule has 0 aliphatic heterocycles. The van der Waals surface area contributed by atoms with Gasteiger partial charge >= 0.3 is 5.97 Å². The van der Waals surface area contributed by atoms with Crippen molar-refractivity contribution in [2.24, 2.45) is 11.8 Å². The fourth-order valence-electron chi connectivity index (χ4n) is 3.47. The minimum absolute atomic E-state index is 0.194. The fraction of sp³-hybridized carbons (Fsp3) is 0.500. The highest BCUT2D eigenvalue weighted by Crippen LogP contribution is 2.34. The summed E-state index contributed by atoms with van der Waals surface area (Å²) in [7, 11) is 0. The van der Waals surface area contributed by atoms with Gasteiger partial charge < -0.3 is 9.67 Å². The SMILES string of the molecule is CCn1c(CC2CCCC2C(=O)O)nc2ccccc21. The maximum atomic E-state index is 11.3. The first-order valence-corrected chi connectivity index (χ1v) is 7.37. The van der Waals surface area contributed by atoms with E-state index in [0.29, 0.717) is 0 Å². The van der Waals surface area contributed by atoms with Crippen LogP contribution in [0, 0.1) is 11.8 Å². The molecule has 1 aromatic heterocycles. The number of carboxylic acid groups (broad SMARTS) is 1. The third kappa shape index (κ3) is 2.19. The highest BCUT2D eigenvalue weighted by atomic mass is 16.4. The summed E-state index contributed by atoms with van der Waals surface area (Å²) in [5.41, 5.74) is 2.16. The van der Waals surface area contributed by atoms with Gasteiger partial charge in [-0.3, -0.25) is 4.79 Å². The quantitative estimate of drug-likeness (QED) is 0.930. The van der Waals surface area contributed by atoms with Crippen molar-refractivity contribution in [3.8, 4) is 0 Å². The zero-order chi connectivity index (χ0) is 14.1. The van der Waals surface area contributed by atoms with Crippen LogP contribution in [-0.4, -0.2) is 20.6 Å². The van der Waals surface area contributed by atoms with Crippen LogP contribution in [0.3, 0.4) is 0 Å². The molecule has 0 saturated heterocycles. The average molecular weight is 272 g/mol. The van der Waals surface area contributed by atoms with Crippen molar-refractivity contribution in [3.63, 3.8) is 0 Å². The lowest BCUT2D eigenvalue weighted by Gasteiger charge is -2.16. The zero-order valence-corrected chi connectivity index (χ0v) is 11.7. The van der Waals surface area contributed by atoms with Crippen molar-refractivity contribution in [3.05, 3.63) is 30.1 Å². The second kappa shape index (κ2) is 5.27. The Kier molecular flexibility index (Phi) is 3.47. The van der Waals surface area contributed by atoms with Gasteiger partial charge in [-0.25, -0.2) is 4.98 Å². The van der Waals surface area contributed by atoms with Gasteiger partial charge in [-0.1, -0.05) is 18.6 Å². The van der Waals surface area contributed by atoms with E-state index < -0.39 is 5.97 Å². The van der Waals surface area contributed by atoms with E-state index in [1.165, 1.54) is 0 Å². The number of aryl methyl sites for hydroxylation is 1. The molecule has 4 nitrogen and oxygen atoms in total. The number of aromatic nitrogens is 2. The molecule has 106 valence electrons. The van der Waals surface area contributed by atoms with Crippen molar-refractivity contribution in [2.45, 2.75) is 39.2 Å². The Hall–Kier alpha value is -1.84. The monoisotopic (exact) mass is 272 g/mol. The van der Waals surface area contributed by atoms with Crippen molar-refractivity contribution in [1.29, 1.82) is 0 Å². The Morgan fingerprint density at radius 2 is 2.20 bits per heavy atom. The Labute approximate surface area is 118 Å². The van der Waals surface area contributed by atoms with Gasteiger partial charge in [-0.15, -0.1) is 0 Å². The second-order valence-electron chi connectivity index (χ2n) is 5.60. The molecule has 1 aromatic carbocycles. The number of benzene rings is 1. The predicted octanol–water partition coefficient (Wildman–Crippen LogP) is 3.10. The molecule has 4 heteroatoms. The molecular formula is C16H20N2O2. The number of aliphatic carboxylic acids is 1. The van der Waals surface area contributed by atoms with Crippen molar-refractivity contribution in [2.75, 3.05) is 0 Å². The molecule has 3 rings (SSSR count). The van der Waals surface area contributed by atoms with E-state index in [9.17, 15) is 9.90 Å². The van der Waals surface area contributed by atoms with E-state index in [2.05, 4.69) is 17.6 Å². The van der Waals surface area contributed by atoms with Crippen LogP contribution in [0.15, 0.2) is 24.3 Å². The Balaban J connectivity index is 1.92. The smallest absolute Gasteiger partial charge is 0.306 e. The first-order valence-electron chi connectivity index (χ1n) is 7.37. The highest BCUT2D eigenvalue weighted by Gasteiger charge is 2.33. The van der Waals surface area contributed by atoms with Crippen molar-refractivity contribution >= 4 is 17.0 Å². The number of fused-ring (bicyclic) bond motifs is 1. The van der Waals surface area contributed by atoms with Crippen LogP contribution >= 0.6 is 0 Å². The number of carbonyl (C=O) groups is 1. The van der Waals surface area contributed by atoms with Gasteiger partial charge in [0.25, 0.3) is 0 Å². The summed E-state index contributed by atoms with van der Waals surface area (Å²) in [6, 6.07) is 8.12. The lowest BCUT2D eigenvalue weighted by Crippen LogP contribution is -2.21. The second-order valence-corrected chi connectivity index (χ2v) is 5.60. The molecule has 2 atom stereocenters. The third-order valence-corrected chi connectivity index (χ3v) is 4.47. The summed E-state index contributed by atoms with van der Waals surface area (Å²) in [4.78, 5) is 16.0. The van der Waals surface area contributed by atoms with Crippen LogP contribution in [-0.2, 0) is 17.8 Å². The molecule has 1 fully saturated rings. The molecule has 1 N–H and O–H groups in total. The Morgan fingerprint density at radius 3 is 2.95 bits per heavy atom. The Morgan fingerprint density at radius 1 is 1.40 bits per heavy atom. The minimum Gasteiger partial charge on any atom is -0.481 e. The molecule has 0 amide bonds. The van der Waals surface area contributed by atoms with Gasteiger partial charge in [0.2, 0.25) is 0 Å². The molecule has 0 bridgehead atoms. The number of hydrogen-bond acceptors (Lipinski definition) is 2. The molecule has 1 saturated carbocycles. The molecule has 0 spiro atoms. The standard InChI is InChI=1S/C16H20N2O2/c1-2-18-14-9-4-3-8-13(14)17-15(18)10-11-6-5-7-12(11)16(19)20/h3-4,8-9,11-12H,2,5-7,10H2,1H3,(H,19,20). The first kappa shape index (κ1) is 13.2. The van der Waals surface area contributed by atoms with Crippen molar-refractivity contribution in [1.82, 2.24) is 9.55 Å². The van der Waals surface area contributed by atoms with E-state index in [4.69, 9.17) is 4.98 Å². The lowest BCUT2D eigenvalue weighted by atomic mass is 9.93. The van der Waals surface area contributed by atoms with Crippen LogP contribution < -0.4 is 0 Å². The maximum Gasteiger partial charge on any atom is 0.306 e. The molecule has 0 radical (unpaired) electrons. The molecule has 2 unspecified atom stereocenters. The first-order chi connectivity index (χ1) is 9.70. The van der Waals surface area contributed by atoms with Gasteiger partial charge in [0.15, 0.2) is 0 Å². The number of rotatable bonds is 4. The van der Waals surface area contributed by atoms with Gasteiger partial charge in [-0.05, 0) is 37.8 Å². The topological polar surface area (TPSA) is 55.1 Å². The van der Waals surface area contributed by atoms with Gasteiger partial charge in [0, 0.05) is 13.0 Å². The van der Waals surface area contributed by atoms with Crippen LogP contribution in [0.5, 0.6) is 0 Å². The van der Waals surface area contributed by atoms with Crippen LogP contribution in [0.25, 0.3) is 11.0 Å². The number of para-hydroxylation sites is 2. The van der Waals surface area contributed by atoms with Crippen LogP contribution in [0.2, 0.25) is 0 Å². The number of imidazole rings is 1. The van der Waals surface area contributed by atoms with E-state index in [0.717, 1.165) is 49.1 Å². The minimum atomic E-state index is -0.647. The maximum absolute atomic E-state index is 11.3. The predicted molar refractivity (Wildman–Crippen MR) is 77.6 cm³/mol. The molecule has 2 aromatic rings. The number of hydrogen-bond donors (Lipinski definition) is 1. The zero-order valence-electron chi connectivity index (χ0n) is 11.7. The normalized spacial score (nSPS) is 22.4. The van der Waals surface area contributed by atoms with E-state index in [1.807, 2.05) is 18.2 Å². The van der Waals surface area contributed by atoms with Gasteiger partial charge in [0.05, 0.1) is 17.0 Å². The average Bonchev–Trinajstić information content (AvgIpc) is 3.02. The number of nitrogens with zero attached hydrogens (tertiary/aromatic N) is 2. The largest absolute Gasteiger partial charge is 0.481 e.